The van der Waals surface area contributed by atoms with Crippen molar-refractivity contribution in [3.05, 3.63) is 35.6 Å². The van der Waals surface area contributed by atoms with Crippen LogP contribution in [0, 0.1) is 11.7 Å². The Labute approximate surface area is 94.6 Å². The maximum atomic E-state index is 13.3. The lowest BCUT2D eigenvalue weighted by Gasteiger charge is -2.09. The van der Waals surface area contributed by atoms with E-state index < -0.39 is 0 Å². The van der Waals surface area contributed by atoms with E-state index in [1.54, 1.807) is 18.2 Å². The molecule has 0 radical (unpaired) electrons. The molecule has 1 fully saturated rings. The molecule has 1 atom stereocenters. The van der Waals surface area contributed by atoms with E-state index in [0.717, 1.165) is 12.8 Å². The molecule has 0 spiro atoms. The number of benzene rings is 1. The van der Waals surface area contributed by atoms with Crippen LogP contribution in [0.25, 0.3) is 0 Å². The van der Waals surface area contributed by atoms with Crippen LogP contribution in [0.4, 0.5) is 4.39 Å². The first-order valence-corrected chi connectivity index (χ1v) is 5.67. The maximum Gasteiger partial charge on any atom is 0.138 e. The van der Waals surface area contributed by atoms with Crippen LogP contribution >= 0.6 is 0 Å². The zero-order valence-corrected chi connectivity index (χ0v) is 9.16. The van der Waals surface area contributed by atoms with E-state index in [0.29, 0.717) is 17.9 Å². The molecule has 1 aliphatic rings. The summed E-state index contributed by atoms with van der Waals surface area (Å²) in [5, 5.41) is 0. The number of rotatable bonds is 5. The van der Waals surface area contributed by atoms with Crippen molar-refractivity contribution in [1.29, 1.82) is 0 Å². The standard InChI is InChI=1S/C13H16FNO/c14-12-4-2-1-3-10(12)7-11(16)8-13(15)9-5-6-9/h1-4,9,13H,5-8,15H2. The molecule has 2 nitrogen and oxygen atoms in total. The Morgan fingerprint density at radius 2 is 2.12 bits per heavy atom. The number of hydrogen-bond acceptors (Lipinski definition) is 2. The molecule has 1 saturated carbocycles. The highest BCUT2D eigenvalue weighted by molar-refractivity contribution is 5.81. The number of halogens is 1. The molecule has 16 heavy (non-hydrogen) atoms. The van der Waals surface area contributed by atoms with Gasteiger partial charge in [0.15, 0.2) is 0 Å². The van der Waals surface area contributed by atoms with Gasteiger partial charge in [-0.1, -0.05) is 18.2 Å². The Morgan fingerprint density at radius 3 is 2.75 bits per heavy atom. The number of carbonyl (C=O) groups is 1. The lowest BCUT2D eigenvalue weighted by atomic mass is 10.0. The summed E-state index contributed by atoms with van der Waals surface area (Å²) in [5.74, 6) is 0.241. The first kappa shape index (κ1) is 11.3. The summed E-state index contributed by atoms with van der Waals surface area (Å²) in [6, 6.07) is 6.37. The van der Waals surface area contributed by atoms with Crippen molar-refractivity contribution < 1.29 is 9.18 Å². The van der Waals surface area contributed by atoms with Crippen LogP contribution < -0.4 is 5.73 Å². The summed E-state index contributed by atoms with van der Waals surface area (Å²) in [6.45, 7) is 0. The molecule has 1 unspecified atom stereocenters. The third kappa shape index (κ3) is 2.89. The van der Waals surface area contributed by atoms with Crippen molar-refractivity contribution in [3.63, 3.8) is 0 Å². The van der Waals surface area contributed by atoms with Gasteiger partial charge in [-0.25, -0.2) is 4.39 Å². The smallest absolute Gasteiger partial charge is 0.138 e. The quantitative estimate of drug-likeness (QED) is 0.827. The molecule has 1 aromatic rings. The van der Waals surface area contributed by atoms with E-state index in [2.05, 4.69) is 0 Å². The van der Waals surface area contributed by atoms with Gasteiger partial charge in [-0.2, -0.15) is 0 Å². The van der Waals surface area contributed by atoms with Crippen LogP contribution in [0.1, 0.15) is 24.8 Å². The first-order valence-electron chi connectivity index (χ1n) is 5.67. The molecule has 0 heterocycles. The van der Waals surface area contributed by atoms with Gasteiger partial charge >= 0.3 is 0 Å². The van der Waals surface area contributed by atoms with E-state index in [4.69, 9.17) is 5.73 Å². The fourth-order valence-corrected chi connectivity index (χ4v) is 1.88. The Balaban J connectivity index is 1.89. The monoisotopic (exact) mass is 221 g/mol. The number of nitrogens with two attached hydrogens (primary N) is 1. The zero-order valence-electron chi connectivity index (χ0n) is 9.16. The van der Waals surface area contributed by atoms with Gasteiger partial charge < -0.3 is 5.73 Å². The molecule has 0 aliphatic heterocycles. The van der Waals surface area contributed by atoms with E-state index in [9.17, 15) is 9.18 Å². The van der Waals surface area contributed by atoms with Gasteiger partial charge in [0.1, 0.15) is 11.6 Å². The van der Waals surface area contributed by atoms with Crippen molar-refractivity contribution in [1.82, 2.24) is 0 Å². The number of Topliss-reactive ketones (excluding diaryl/α,β-unsaturated/α-hetero) is 1. The van der Waals surface area contributed by atoms with Gasteiger partial charge in [-0.3, -0.25) is 4.79 Å². The summed E-state index contributed by atoms with van der Waals surface area (Å²) >= 11 is 0. The van der Waals surface area contributed by atoms with Gasteiger partial charge in [-0.15, -0.1) is 0 Å². The average Bonchev–Trinajstić information content (AvgIpc) is 3.04. The van der Waals surface area contributed by atoms with Crippen molar-refractivity contribution in [3.8, 4) is 0 Å². The van der Waals surface area contributed by atoms with Gasteiger partial charge in [0.25, 0.3) is 0 Å². The summed E-state index contributed by atoms with van der Waals surface area (Å²) in [4.78, 5) is 11.7. The minimum Gasteiger partial charge on any atom is -0.327 e. The van der Waals surface area contributed by atoms with Crippen LogP contribution in [0.3, 0.4) is 0 Å². The third-order valence-electron chi connectivity index (χ3n) is 3.04. The average molecular weight is 221 g/mol. The predicted octanol–water partition coefficient (Wildman–Crippen LogP) is 2.06. The molecule has 3 heteroatoms. The van der Waals surface area contributed by atoms with Crippen LogP contribution in [-0.4, -0.2) is 11.8 Å². The van der Waals surface area contributed by atoms with Crippen molar-refractivity contribution in [2.75, 3.05) is 0 Å². The van der Waals surface area contributed by atoms with Gasteiger partial charge in [0.05, 0.1) is 0 Å². The number of carbonyl (C=O) groups excluding carboxylic acids is 1. The van der Waals surface area contributed by atoms with Crippen LogP contribution in [0.15, 0.2) is 24.3 Å². The second kappa shape index (κ2) is 4.74. The molecule has 0 bridgehead atoms. The molecule has 2 rings (SSSR count). The van der Waals surface area contributed by atoms with Crippen molar-refractivity contribution in [2.45, 2.75) is 31.7 Å². The molecule has 0 aromatic heterocycles. The van der Waals surface area contributed by atoms with Gasteiger partial charge in [-0.05, 0) is 30.4 Å². The first-order chi connectivity index (χ1) is 7.66. The third-order valence-corrected chi connectivity index (χ3v) is 3.04. The van der Waals surface area contributed by atoms with Gasteiger partial charge in [0, 0.05) is 18.9 Å². The molecule has 0 saturated heterocycles. The molecule has 2 N–H and O–H groups in total. The van der Waals surface area contributed by atoms with Gasteiger partial charge in [0.2, 0.25) is 0 Å². The molecular formula is C13H16FNO. The topological polar surface area (TPSA) is 43.1 Å². The lowest BCUT2D eigenvalue weighted by molar-refractivity contribution is -0.118. The Bertz CT molecular complexity index is 387. The van der Waals surface area contributed by atoms with Crippen LogP contribution in [-0.2, 0) is 11.2 Å². The van der Waals surface area contributed by atoms with E-state index >= 15 is 0 Å². The van der Waals surface area contributed by atoms with Crippen molar-refractivity contribution in [2.24, 2.45) is 11.7 Å². The molecule has 0 amide bonds. The normalized spacial score (nSPS) is 17.1. The Hall–Kier alpha value is -1.22. The van der Waals surface area contributed by atoms with E-state index in [-0.39, 0.29) is 24.1 Å². The molecule has 1 aliphatic carbocycles. The highest BCUT2D eigenvalue weighted by atomic mass is 19.1. The largest absolute Gasteiger partial charge is 0.327 e. The highest BCUT2D eigenvalue weighted by Crippen LogP contribution is 2.33. The molecular weight excluding hydrogens is 205 g/mol. The van der Waals surface area contributed by atoms with E-state index in [1.165, 1.54) is 6.07 Å². The van der Waals surface area contributed by atoms with Crippen LogP contribution in [0.5, 0.6) is 0 Å². The lowest BCUT2D eigenvalue weighted by Crippen LogP contribution is -2.26. The summed E-state index contributed by atoms with van der Waals surface area (Å²) in [5.41, 5.74) is 6.33. The second-order valence-electron chi connectivity index (χ2n) is 4.51. The summed E-state index contributed by atoms with van der Waals surface area (Å²) < 4.78 is 13.3. The summed E-state index contributed by atoms with van der Waals surface area (Å²) in [7, 11) is 0. The maximum absolute atomic E-state index is 13.3. The molecule has 1 aromatic carbocycles. The zero-order chi connectivity index (χ0) is 11.5. The fraction of sp³-hybridized carbons (Fsp3) is 0.462. The van der Waals surface area contributed by atoms with Crippen LogP contribution in [0.2, 0.25) is 0 Å². The minimum atomic E-state index is -0.309. The second-order valence-corrected chi connectivity index (χ2v) is 4.51. The number of hydrogen-bond donors (Lipinski definition) is 1. The Morgan fingerprint density at radius 1 is 1.44 bits per heavy atom. The Kier molecular flexibility index (Phi) is 3.34. The number of ketones is 1. The van der Waals surface area contributed by atoms with Crippen molar-refractivity contribution >= 4 is 5.78 Å². The highest BCUT2D eigenvalue weighted by Gasteiger charge is 2.29. The fourth-order valence-electron chi connectivity index (χ4n) is 1.88. The van der Waals surface area contributed by atoms with E-state index in [1.807, 2.05) is 0 Å². The SMILES string of the molecule is NC(CC(=O)Cc1ccccc1F)C1CC1. The predicted molar refractivity (Wildman–Crippen MR) is 60.4 cm³/mol. The summed E-state index contributed by atoms with van der Waals surface area (Å²) in [6.07, 6.45) is 2.80. The minimum absolute atomic E-state index is 0.0285. The molecule has 86 valence electrons.